The van der Waals surface area contributed by atoms with Gasteiger partial charge in [0.15, 0.2) is 11.0 Å². The van der Waals surface area contributed by atoms with Crippen LogP contribution >= 0.6 is 27.7 Å². The maximum absolute atomic E-state index is 10.7. The molecule has 0 bridgehead atoms. The van der Waals surface area contributed by atoms with Crippen molar-refractivity contribution in [2.24, 2.45) is 7.05 Å². The predicted molar refractivity (Wildman–Crippen MR) is 96.8 cm³/mol. The van der Waals surface area contributed by atoms with E-state index >= 15 is 0 Å². The fourth-order valence-corrected chi connectivity index (χ4v) is 3.28. The van der Waals surface area contributed by atoms with Crippen LogP contribution in [0.25, 0.3) is 11.4 Å². The molecule has 1 heterocycles. The molecule has 0 amide bonds. The van der Waals surface area contributed by atoms with Gasteiger partial charge in [0.2, 0.25) is 0 Å². The Hall–Kier alpha value is -2.19. The lowest BCUT2D eigenvalue weighted by molar-refractivity contribution is -0.384. The first-order chi connectivity index (χ1) is 11.5. The van der Waals surface area contributed by atoms with Gasteiger partial charge in [0.25, 0.3) is 5.69 Å². The number of rotatable bonds is 5. The van der Waals surface area contributed by atoms with Gasteiger partial charge in [-0.2, -0.15) is 0 Å². The summed E-state index contributed by atoms with van der Waals surface area (Å²) < 4.78 is 2.96. The molecule has 8 heteroatoms. The molecule has 0 fully saturated rings. The molecule has 0 N–H and O–H groups in total. The standard InChI is InChI=1S/C16H13BrN4O2S/c1-20-15(12-4-6-13(17)7-5-12)18-19-16(20)24-10-11-2-8-14(9-3-11)21(22)23/h2-9H,10H2,1H3. The third-order valence-corrected chi connectivity index (χ3v) is 5.07. The van der Waals surface area contributed by atoms with Gasteiger partial charge in [0, 0.05) is 35.0 Å². The van der Waals surface area contributed by atoms with Gasteiger partial charge in [-0.25, -0.2) is 0 Å². The summed E-state index contributed by atoms with van der Waals surface area (Å²) in [5.41, 5.74) is 2.09. The van der Waals surface area contributed by atoms with Crippen LogP contribution in [0.2, 0.25) is 0 Å². The van der Waals surface area contributed by atoms with Crippen LogP contribution < -0.4 is 0 Å². The minimum absolute atomic E-state index is 0.0972. The van der Waals surface area contributed by atoms with E-state index in [-0.39, 0.29) is 5.69 Å². The van der Waals surface area contributed by atoms with Gasteiger partial charge in [0.05, 0.1) is 4.92 Å². The lowest BCUT2D eigenvalue weighted by Crippen LogP contribution is -1.95. The molecule has 1 aromatic heterocycles. The summed E-state index contributed by atoms with van der Waals surface area (Å²) in [6, 6.07) is 14.5. The Labute approximate surface area is 151 Å². The molecule has 0 saturated carbocycles. The molecule has 3 rings (SSSR count). The van der Waals surface area contributed by atoms with Gasteiger partial charge in [-0.1, -0.05) is 52.0 Å². The Morgan fingerprint density at radius 3 is 2.42 bits per heavy atom. The largest absolute Gasteiger partial charge is 0.305 e. The average molecular weight is 405 g/mol. The first-order valence-corrected chi connectivity index (χ1v) is 8.84. The zero-order valence-corrected chi connectivity index (χ0v) is 15.1. The average Bonchev–Trinajstić information content (AvgIpc) is 2.95. The van der Waals surface area contributed by atoms with Crippen LogP contribution in [-0.4, -0.2) is 19.7 Å². The van der Waals surface area contributed by atoms with Crippen molar-refractivity contribution in [2.45, 2.75) is 10.9 Å². The van der Waals surface area contributed by atoms with E-state index in [1.54, 1.807) is 23.9 Å². The molecule has 0 spiro atoms. The van der Waals surface area contributed by atoms with Crippen molar-refractivity contribution in [1.29, 1.82) is 0 Å². The molecule has 2 aromatic carbocycles. The second kappa shape index (κ2) is 7.14. The van der Waals surface area contributed by atoms with Crippen molar-refractivity contribution in [1.82, 2.24) is 14.8 Å². The molecule has 0 radical (unpaired) electrons. The number of nitro benzene ring substituents is 1. The third kappa shape index (κ3) is 3.65. The lowest BCUT2D eigenvalue weighted by atomic mass is 10.2. The molecular weight excluding hydrogens is 392 g/mol. The Morgan fingerprint density at radius 1 is 1.12 bits per heavy atom. The van der Waals surface area contributed by atoms with Crippen LogP contribution in [0.4, 0.5) is 5.69 Å². The Balaban J connectivity index is 1.72. The van der Waals surface area contributed by atoms with Crippen LogP contribution in [0.15, 0.2) is 58.2 Å². The Bertz CT molecular complexity index is 863. The van der Waals surface area contributed by atoms with Crippen molar-refractivity contribution < 1.29 is 4.92 Å². The molecule has 122 valence electrons. The minimum Gasteiger partial charge on any atom is -0.305 e. The summed E-state index contributed by atoms with van der Waals surface area (Å²) in [4.78, 5) is 10.3. The maximum Gasteiger partial charge on any atom is 0.269 e. The summed E-state index contributed by atoms with van der Waals surface area (Å²) in [5, 5.41) is 20.0. The molecule has 0 unspecified atom stereocenters. The van der Waals surface area contributed by atoms with Gasteiger partial charge in [-0.15, -0.1) is 10.2 Å². The van der Waals surface area contributed by atoms with E-state index in [0.29, 0.717) is 5.75 Å². The number of benzene rings is 2. The molecule has 3 aromatic rings. The highest BCUT2D eigenvalue weighted by Gasteiger charge is 2.12. The van der Waals surface area contributed by atoms with Crippen molar-refractivity contribution >= 4 is 33.4 Å². The molecule has 24 heavy (non-hydrogen) atoms. The van der Waals surface area contributed by atoms with E-state index in [0.717, 1.165) is 26.6 Å². The summed E-state index contributed by atoms with van der Waals surface area (Å²) in [5.74, 6) is 1.47. The number of halogens is 1. The van der Waals surface area contributed by atoms with Crippen LogP contribution in [-0.2, 0) is 12.8 Å². The smallest absolute Gasteiger partial charge is 0.269 e. The highest BCUT2D eigenvalue weighted by atomic mass is 79.9. The number of hydrogen-bond donors (Lipinski definition) is 0. The Morgan fingerprint density at radius 2 is 1.79 bits per heavy atom. The number of thioether (sulfide) groups is 1. The summed E-state index contributed by atoms with van der Waals surface area (Å²) in [6.07, 6.45) is 0. The van der Waals surface area contributed by atoms with E-state index in [4.69, 9.17) is 0 Å². The summed E-state index contributed by atoms with van der Waals surface area (Å²) in [6.45, 7) is 0. The monoisotopic (exact) mass is 404 g/mol. The van der Waals surface area contributed by atoms with Crippen molar-refractivity contribution in [3.8, 4) is 11.4 Å². The molecule has 0 saturated heterocycles. The summed E-state index contributed by atoms with van der Waals surface area (Å²) >= 11 is 4.96. The molecule has 0 aliphatic heterocycles. The van der Waals surface area contributed by atoms with Crippen LogP contribution in [0.5, 0.6) is 0 Å². The van der Waals surface area contributed by atoms with E-state index in [2.05, 4.69) is 26.1 Å². The van der Waals surface area contributed by atoms with Crippen molar-refractivity contribution in [2.75, 3.05) is 0 Å². The number of non-ortho nitro benzene ring substituents is 1. The van der Waals surface area contributed by atoms with E-state index in [9.17, 15) is 10.1 Å². The predicted octanol–water partition coefficient (Wildman–Crippen LogP) is 4.45. The normalized spacial score (nSPS) is 10.8. The van der Waals surface area contributed by atoms with Gasteiger partial charge in [-0.3, -0.25) is 10.1 Å². The van der Waals surface area contributed by atoms with Crippen molar-refractivity contribution in [3.05, 3.63) is 68.7 Å². The second-order valence-electron chi connectivity index (χ2n) is 5.08. The fraction of sp³-hybridized carbons (Fsp3) is 0.125. The van der Waals surface area contributed by atoms with Crippen LogP contribution in [0.3, 0.4) is 0 Å². The van der Waals surface area contributed by atoms with E-state index < -0.39 is 4.92 Å². The topological polar surface area (TPSA) is 73.8 Å². The Kier molecular flexibility index (Phi) is 4.96. The van der Waals surface area contributed by atoms with Crippen molar-refractivity contribution in [3.63, 3.8) is 0 Å². The quantitative estimate of drug-likeness (QED) is 0.356. The zero-order chi connectivity index (χ0) is 17.1. The summed E-state index contributed by atoms with van der Waals surface area (Å²) in [7, 11) is 1.93. The highest BCUT2D eigenvalue weighted by molar-refractivity contribution is 9.10. The molecular formula is C16H13BrN4O2S. The van der Waals surface area contributed by atoms with Crippen LogP contribution in [0.1, 0.15) is 5.56 Å². The molecule has 6 nitrogen and oxygen atoms in total. The first kappa shape index (κ1) is 16.7. The lowest BCUT2D eigenvalue weighted by Gasteiger charge is -2.04. The van der Waals surface area contributed by atoms with Gasteiger partial charge >= 0.3 is 0 Å². The highest BCUT2D eigenvalue weighted by Crippen LogP contribution is 2.26. The molecule has 0 atom stereocenters. The minimum atomic E-state index is -0.399. The first-order valence-electron chi connectivity index (χ1n) is 7.06. The number of hydrogen-bond acceptors (Lipinski definition) is 5. The third-order valence-electron chi connectivity index (χ3n) is 3.45. The number of nitrogens with zero attached hydrogens (tertiary/aromatic N) is 4. The second-order valence-corrected chi connectivity index (χ2v) is 6.94. The fourth-order valence-electron chi connectivity index (χ4n) is 2.15. The zero-order valence-electron chi connectivity index (χ0n) is 12.7. The molecule has 0 aliphatic rings. The maximum atomic E-state index is 10.7. The molecule has 0 aliphatic carbocycles. The van der Waals surface area contributed by atoms with Gasteiger partial charge in [0.1, 0.15) is 0 Å². The SMILES string of the molecule is Cn1c(SCc2ccc([N+](=O)[O-])cc2)nnc1-c1ccc(Br)cc1. The van der Waals surface area contributed by atoms with E-state index in [1.807, 2.05) is 35.9 Å². The number of nitro groups is 1. The van der Waals surface area contributed by atoms with E-state index in [1.165, 1.54) is 12.1 Å². The van der Waals surface area contributed by atoms with Crippen LogP contribution in [0, 0.1) is 10.1 Å². The number of aromatic nitrogens is 3. The van der Waals surface area contributed by atoms with Gasteiger partial charge in [-0.05, 0) is 17.7 Å². The van der Waals surface area contributed by atoms with Gasteiger partial charge < -0.3 is 4.57 Å².